The van der Waals surface area contributed by atoms with Crippen LogP contribution in [-0.2, 0) is 15.9 Å². The van der Waals surface area contributed by atoms with Gasteiger partial charge in [-0.25, -0.2) is 8.78 Å². The fraction of sp³-hybridized carbons (Fsp3) is 0.760. The molecule has 0 saturated heterocycles. The second-order valence-electron chi connectivity index (χ2n) is 8.17. The minimum absolute atomic E-state index is 0.386. The van der Waals surface area contributed by atoms with Crippen molar-refractivity contribution in [3.8, 4) is 0 Å². The summed E-state index contributed by atoms with van der Waals surface area (Å²) in [6.07, 6.45) is 14.7. The average Bonchev–Trinajstić information content (AvgIpc) is 2.73. The van der Waals surface area contributed by atoms with Crippen LogP contribution >= 0.6 is 0 Å². The van der Waals surface area contributed by atoms with E-state index in [1.165, 1.54) is 50.7 Å². The molecule has 0 bridgehead atoms. The van der Waals surface area contributed by atoms with E-state index in [2.05, 4.69) is 13.8 Å². The number of rotatable bonds is 17. The molecule has 1 unspecified atom stereocenters. The maximum atomic E-state index is 13.3. The molecule has 0 radical (unpaired) electrons. The minimum Gasteiger partial charge on any atom is -0.353 e. The van der Waals surface area contributed by atoms with Crippen LogP contribution in [0.4, 0.5) is 8.78 Å². The molecule has 0 spiro atoms. The van der Waals surface area contributed by atoms with Crippen LogP contribution in [-0.4, -0.2) is 20.0 Å². The highest BCUT2D eigenvalue weighted by Gasteiger charge is 2.36. The Hall–Kier alpha value is -1.00. The second kappa shape index (κ2) is 14.9. The lowest BCUT2D eigenvalue weighted by atomic mass is 9.85. The molecule has 1 aromatic rings. The molecular formula is C25H42F2O2. The van der Waals surface area contributed by atoms with Crippen LogP contribution in [0.1, 0.15) is 96.5 Å². The monoisotopic (exact) mass is 412 g/mol. The van der Waals surface area contributed by atoms with Crippen LogP contribution < -0.4 is 0 Å². The van der Waals surface area contributed by atoms with Gasteiger partial charge in [-0.05, 0) is 49.8 Å². The molecule has 0 N–H and O–H groups in total. The predicted molar refractivity (Wildman–Crippen MR) is 117 cm³/mol. The highest BCUT2D eigenvalue weighted by atomic mass is 19.2. The van der Waals surface area contributed by atoms with Gasteiger partial charge in [-0.2, -0.15) is 0 Å². The lowest BCUT2D eigenvalue weighted by Gasteiger charge is -2.38. The van der Waals surface area contributed by atoms with Gasteiger partial charge < -0.3 is 9.47 Å². The smallest absolute Gasteiger partial charge is 0.170 e. The van der Waals surface area contributed by atoms with Crippen molar-refractivity contribution in [2.45, 2.75) is 103 Å². The minimum atomic E-state index is -0.777. The first-order valence-electron chi connectivity index (χ1n) is 11.6. The lowest BCUT2D eigenvalue weighted by molar-refractivity contribution is -0.244. The Morgan fingerprint density at radius 2 is 1.38 bits per heavy atom. The van der Waals surface area contributed by atoms with Gasteiger partial charge >= 0.3 is 0 Å². The summed E-state index contributed by atoms with van der Waals surface area (Å²) in [6, 6.07) is 4.21. The van der Waals surface area contributed by atoms with Crippen LogP contribution in [0, 0.1) is 17.6 Å². The number of benzene rings is 1. The Kier molecular flexibility index (Phi) is 13.4. The van der Waals surface area contributed by atoms with Crippen molar-refractivity contribution < 1.29 is 18.3 Å². The van der Waals surface area contributed by atoms with Gasteiger partial charge in [0.05, 0.1) is 0 Å². The average molecular weight is 413 g/mol. The van der Waals surface area contributed by atoms with E-state index in [1.54, 1.807) is 20.3 Å². The van der Waals surface area contributed by atoms with E-state index in [0.29, 0.717) is 5.92 Å². The molecule has 0 aliphatic heterocycles. The van der Waals surface area contributed by atoms with Crippen LogP contribution in [0.25, 0.3) is 0 Å². The summed E-state index contributed by atoms with van der Waals surface area (Å²) in [6.45, 7) is 4.37. The molecule has 0 saturated carbocycles. The maximum absolute atomic E-state index is 13.3. The molecule has 1 aromatic carbocycles. The third-order valence-corrected chi connectivity index (χ3v) is 6.21. The molecule has 1 atom stereocenters. The lowest BCUT2D eigenvalue weighted by Crippen LogP contribution is -2.41. The summed E-state index contributed by atoms with van der Waals surface area (Å²) in [5.74, 6) is -1.64. The summed E-state index contributed by atoms with van der Waals surface area (Å²) in [7, 11) is 3.51. The van der Waals surface area contributed by atoms with E-state index < -0.39 is 17.4 Å². The van der Waals surface area contributed by atoms with Crippen LogP contribution in [0.3, 0.4) is 0 Å². The van der Waals surface area contributed by atoms with Gasteiger partial charge in [0.1, 0.15) is 0 Å². The Balaban J connectivity index is 2.45. The van der Waals surface area contributed by atoms with Gasteiger partial charge in [0.25, 0.3) is 0 Å². The van der Waals surface area contributed by atoms with E-state index in [9.17, 15) is 8.78 Å². The van der Waals surface area contributed by atoms with Gasteiger partial charge in [-0.3, -0.25) is 0 Å². The predicted octanol–water partition coefficient (Wildman–Crippen LogP) is 7.83. The molecule has 0 aliphatic rings. The molecule has 0 heterocycles. The van der Waals surface area contributed by atoms with Gasteiger partial charge in [-0.15, -0.1) is 0 Å². The fourth-order valence-corrected chi connectivity index (χ4v) is 4.34. The number of halogens is 2. The second-order valence-corrected chi connectivity index (χ2v) is 8.17. The molecular weight excluding hydrogens is 370 g/mol. The summed E-state index contributed by atoms with van der Waals surface area (Å²) >= 11 is 0. The van der Waals surface area contributed by atoms with Crippen molar-refractivity contribution >= 4 is 0 Å². The van der Waals surface area contributed by atoms with Crippen LogP contribution in [0.2, 0.25) is 0 Å². The van der Waals surface area contributed by atoms with Gasteiger partial charge in [0.2, 0.25) is 0 Å². The third kappa shape index (κ3) is 9.13. The molecule has 2 nitrogen and oxygen atoms in total. The van der Waals surface area contributed by atoms with Crippen LogP contribution in [0.5, 0.6) is 0 Å². The number of hydrogen-bond acceptors (Lipinski definition) is 2. The first-order chi connectivity index (χ1) is 14.0. The molecule has 0 amide bonds. The highest BCUT2D eigenvalue weighted by molar-refractivity contribution is 5.17. The van der Waals surface area contributed by atoms with Crippen molar-refractivity contribution in [3.05, 3.63) is 35.4 Å². The number of ether oxygens (including phenoxy) is 2. The molecule has 0 fully saturated rings. The van der Waals surface area contributed by atoms with Crippen molar-refractivity contribution in [1.82, 2.24) is 0 Å². The van der Waals surface area contributed by atoms with E-state index in [4.69, 9.17) is 9.47 Å². The fourth-order valence-electron chi connectivity index (χ4n) is 4.34. The number of unbranched alkanes of at least 4 members (excludes halogenated alkanes) is 7. The zero-order valence-corrected chi connectivity index (χ0v) is 19.1. The largest absolute Gasteiger partial charge is 0.353 e. The summed E-state index contributed by atoms with van der Waals surface area (Å²) in [5, 5.41) is 0. The Morgan fingerprint density at radius 3 is 1.93 bits per heavy atom. The molecule has 29 heavy (non-hydrogen) atoms. The van der Waals surface area contributed by atoms with E-state index >= 15 is 0 Å². The van der Waals surface area contributed by atoms with E-state index in [0.717, 1.165) is 50.5 Å². The van der Waals surface area contributed by atoms with E-state index in [-0.39, 0.29) is 0 Å². The Labute approximate surface area is 177 Å². The van der Waals surface area contributed by atoms with Crippen molar-refractivity contribution in [3.63, 3.8) is 0 Å². The SMILES string of the molecule is CCCCCCCCC(CCCCCc1ccc(F)c(F)c1)C(CC)(OC)OC. The Morgan fingerprint density at radius 1 is 0.793 bits per heavy atom. The van der Waals surface area contributed by atoms with E-state index in [1.807, 2.05) is 0 Å². The van der Waals surface area contributed by atoms with Crippen molar-refractivity contribution in [1.29, 1.82) is 0 Å². The number of hydrogen-bond donors (Lipinski definition) is 0. The number of aryl methyl sites for hydroxylation is 1. The summed E-state index contributed by atoms with van der Waals surface area (Å²) in [4.78, 5) is 0. The Bertz CT molecular complexity index is 535. The normalized spacial score (nSPS) is 13.0. The zero-order valence-electron chi connectivity index (χ0n) is 19.1. The molecule has 4 heteroatoms. The van der Waals surface area contributed by atoms with Gasteiger partial charge in [0, 0.05) is 20.1 Å². The standard InChI is InChI=1S/C25H42F2O2/c1-5-7-8-9-10-13-16-22(25(6-2,28-3)29-4)17-14-11-12-15-21-18-19-23(26)24(27)20-21/h18-20,22H,5-17H2,1-4H3. The third-order valence-electron chi connectivity index (χ3n) is 6.21. The first kappa shape index (κ1) is 26.0. The summed E-state index contributed by atoms with van der Waals surface area (Å²) < 4.78 is 38.0. The quantitative estimate of drug-likeness (QED) is 0.192. The highest BCUT2D eigenvalue weighted by Crippen LogP contribution is 2.34. The van der Waals surface area contributed by atoms with Gasteiger partial charge in [-0.1, -0.05) is 71.3 Å². The molecule has 1 rings (SSSR count). The molecule has 168 valence electrons. The maximum Gasteiger partial charge on any atom is 0.170 e. The molecule has 0 aromatic heterocycles. The van der Waals surface area contributed by atoms with Crippen molar-refractivity contribution in [2.24, 2.45) is 5.92 Å². The number of methoxy groups -OCH3 is 2. The molecule has 0 aliphatic carbocycles. The van der Waals surface area contributed by atoms with Gasteiger partial charge in [0.15, 0.2) is 17.4 Å². The zero-order chi connectivity index (χ0) is 21.5. The van der Waals surface area contributed by atoms with Crippen LogP contribution in [0.15, 0.2) is 18.2 Å². The topological polar surface area (TPSA) is 18.5 Å². The first-order valence-corrected chi connectivity index (χ1v) is 11.6. The summed E-state index contributed by atoms with van der Waals surface area (Å²) in [5.41, 5.74) is 0.865. The van der Waals surface area contributed by atoms with Crippen molar-refractivity contribution in [2.75, 3.05) is 14.2 Å².